The monoisotopic (exact) mass is 548 g/mol. The number of quaternary nitrogens is 1. The maximum absolute atomic E-state index is 13.1. The van der Waals surface area contributed by atoms with Gasteiger partial charge in [-0.1, -0.05) is 53.5 Å². The quantitative estimate of drug-likeness (QED) is 0.405. The van der Waals surface area contributed by atoms with Crippen LogP contribution in [0.3, 0.4) is 0 Å². The number of anilines is 1. The van der Waals surface area contributed by atoms with Gasteiger partial charge in [-0.2, -0.15) is 0 Å². The van der Waals surface area contributed by atoms with Crippen LogP contribution in [0.4, 0.5) is 10.5 Å². The van der Waals surface area contributed by atoms with Gasteiger partial charge in [-0.3, -0.25) is 0 Å². The molecule has 3 aromatic carbocycles. The van der Waals surface area contributed by atoms with Crippen molar-refractivity contribution in [3.8, 4) is 5.75 Å². The standard InChI is InChI=1S/C26H27Cl2N3O4S/c1-16(21-4-3-5-22(27)25(21)28)30-26(32)31-23-9-8-20(13-24(23)35-2)36(33,34)15-17-6-7-19-14-29-11-10-18(19)12-17/h3-9,12-13,16,29H,10-11,14-15H2,1-2H3,(H2,30,31,32)/p+1. The number of halogens is 2. The summed E-state index contributed by atoms with van der Waals surface area (Å²) in [6, 6.07) is 14.6. The van der Waals surface area contributed by atoms with Crippen molar-refractivity contribution < 1.29 is 23.3 Å². The van der Waals surface area contributed by atoms with Crippen LogP contribution in [-0.4, -0.2) is 28.1 Å². The van der Waals surface area contributed by atoms with Crippen LogP contribution in [0.2, 0.25) is 10.0 Å². The number of carbonyl (C=O) groups excluding carboxylic acids is 1. The smallest absolute Gasteiger partial charge is 0.319 e. The molecule has 1 unspecified atom stereocenters. The third-order valence-electron chi connectivity index (χ3n) is 6.19. The first-order chi connectivity index (χ1) is 17.2. The molecule has 1 atom stereocenters. The predicted molar refractivity (Wildman–Crippen MR) is 142 cm³/mol. The predicted octanol–water partition coefficient (Wildman–Crippen LogP) is 4.48. The van der Waals surface area contributed by atoms with Crippen molar-refractivity contribution in [2.75, 3.05) is 19.0 Å². The molecule has 0 saturated heterocycles. The fraction of sp³-hybridized carbons (Fsp3) is 0.269. The van der Waals surface area contributed by atoms with E-state index in [4.69, 9.17) is 27.9 Å². The van der Waals surface area contributed by atoms with Gasteiger partial charge in [0.1, 0.15) is 12.3 Å². The van der Waals surface area contributed by atoms with Crippen molar-refractivity contribution in [2.24, 2.45) is 0 Å². The summed E-state index contributed by atoms with van der Waals surface area (Å²) in [5.41, 5.74) is 4.23. The maximum atomic E-state index is 13.1. The summed E-state index contributed by atoms with van der Waals surface area (Å²) < 4.78 is 31.7. The molecule has 0 aromatic heterocycles. The van der Waals surface area contributed by atoms with E-state index in [9.17, 15) is 13.2 Å². The Labute approximate surface area is 221 Å². The molecule has 1 aliphatic heterocycles. The zero-order valence-corrected chi connectivity index (χ0v) is 22.3. The number of hydrogen-bond acceptors (Lipinski definition) is 4. The average Bonchev–Trinajstić information content (AvgIpc) is 2.85. The lowest BCUT2D eigenvalue weighted by molar-refractivity contribution is -0.673. The number of hydrogen-bond donors (Lipinski definition) is 3. The largest absolute Gasteiger partial charge is 0.495 e. The van der Waals surface area contributed by atoms with Gasteiger partial charge in [0.2, 0.25) is 0 Å². The highest BCUT2D eigenvalue weighted by molar-refractivity contribution is 7.90. The topological polar surface area (TPSA) is 101 Å². The summed E-state index contributed by atoms with van der Waals surface area (Å²) in [4.78, 5) is 12.7. The highest BCUT2D eigenvalue weighted by atomic mass is 35.5. The van der Waals surface area contributed by atoms with Crippen molar-refractivity contribution in [3.63, 3.8) is 0 Å². The van der Waals surface area contributed by atoms with E-state index in [2.05, 4.69) is 16.0 Å². The summed E-state index contributed by atoms with van der Waals surface area (Å²) in [6.45, 7) is 3.71. The Kier molecular flexibility index (Phi) is 8.10. The van der Waals surface area contributed by atoms with Crippen molar-refractivity contribution >= 4 is 44.8 Å². The van der Waals surface area contributed by atoms with Crippen LogP contribution in [0, 0.1) is 0 Å². The Hall–Kier alpha value is -2.78. The first-order valence-electron chi connectivity index (χ1n) is 11.5. The zero-order valence-electron chi connectivity index (χ0n) is 20.0. The molecule has 0 saturated carbocycles. The number of rotatable bonds is 7. The second-order valence-corrected chi connectivity index (χ2v) is 11.5. The fourth-order valence-electron chi connectivity index (χ4n) is 4.27. The molecule has 0 fully saturated rings. The molecule has 0 radical (unpaired) electrons. The van der Waals surface area contributed by atoms with Gasteiger partial charge < -0.3 is 20.7 Å². The minimum atomic E-state index is -3.62. The highest BCUT2D eigenvalue weighted by Crippen LogP contribution is 2.31. The summed E-state index contributed by atoms with van der Waals surface area (Å²) in [6.07, 6.45) is 0.932. The van der Waals surface area contributed by atoms with Crippen LogP contribution >= 0.6 is 23.2 Å². The minimum Gasteiger partial charge on any atom is -0.495 e. The summed E-state index contributed by atoms with van der Waals surface area (Å²) >= 11 is 12.3. The lowest BCUT2D eigenvalue weighted by Crippen LogP contribution is -2.84. The zero-order chi connectivity index (χ0) is 25.9. The third-order valence-corrected chi connectivity index (χ3v) is 8.70. The number of benzene rings is 3. The normalized spacial score (nSPS) is 14.0. The number of methoxy groups -OCH3 is 1. The van der Waals surface area contributed by atoms with Crippen LogP contribution < -0.4 is 20.7 Å². The molecule has 3 aromatic rings. The van der Waals surface area contributed by atoms with E-state index in [0.29, 0.717) is 21.3 Å². The van der Waals surface area contributed by atoms with Crippen molar-refractivity contribution in [2.45, 2.75) is 36.6 Å². The molecule has 0 bridgehead atoms. The van der Waals surface area contributed by atoms with Crippen LogP contribution in [0.1, 0.15) is 35.2 Å². The van der Waals surface area contributed by atoms with E-state index in [1.54, 1.807) is 25.1 Å². The van der Waals surface area contributed by atoms with Crippen LogP contribution in [0.15, 0.2) is 59.5 Å². The van der Waals surface area contributed by atoms with Crippen molar-refractivity contribution in [1.82, 2.24) is 5.32 Å². The number of carbonyl (C=O) groups is 1. The third kappa shape index (κ3) is 5.95. The van der Waals surface area contributed by atoms with Crippen LogP contribution in [-0.2, 0) is 28.6 Å². The summed E-state index contributed by atoms with van der Waals surface area (Å²) in [7, 11) is -2.20. The van der Waals surface area contributed by atoms with Gasteiger partial charge in [0.15, 0.2) is 9.84 Å². The van der Waals surface area contributed by atoms with Crippen LogP contribution in [0.5, 0.6) is 5.75 Å². The molecule has 0 aliphatic carbocycles. The number of sulfone groups is 1. The van der Waals surface area contributed by atoms with Gasteiger partial charge in [-0.15, -0.1) is 0 Å². The number of urea groups is 1. The fourth-order valence-corrected chi connectivity index (χ4v) is 6.09. The number of nitrogens with one attached hydrogen (secondary N) is 2. The molecular weight excluding hydrogens is 521 g/mol. The van der Waals surface area contributed by atoms with Gasteiger partial charge in [0, 0.05) is 18.1 Å². The molecule has 1 aliphatic rings. The molecule has 1 heterocycles. The van der Waals surface area contributed by atoms with E-state index in [1.165, 1.54) is 36.4 Å². The van der Waals surface area contributed by atoms with Gasteiger partial charge in [0.25, 0.3) is 0 Å². The second-order valence-electron chi connectivity index (χ2n) is 8.72. The van der Waals surface area contributed by atoms with E-state index in [1.807, 2.05) is 18.2 Å². The van der Waals surface area contributed by atoms with E-state index < -0.39 is 21.9 Å². The van der Waals surface area contributed by atoms with Gasteiger partial charge in [0.05, 0.1) is 46.1 Å². The Morgan fingerprint density at radius 2 is 1.92 bits per heavy atom. The van der Waals surface area contributed by atoms with E-state index >= 15 is 0 Å². The molecular formula is C26H28Cl2N3O4S+. The average molecular weight is 550 g/mol. The summed E-state index contributed by atoms with van der Waals surface area (Å²) in [5.74, 6) is 0.124. The number of ether oxygens (including phenoxy) is 1. The lowest BCUT2D eigenvalue weighted by atomic mass is 9.99. The Morgan fingerprint density at radius 3 is 2.69 bits per heavy atom. The molecule has 190 valence electrons. The molecule has 7 nitrogen and oxygen atoms in total. The Balaban J connectivity index is 1.47. The molecule has 2 amide bonds. The van der Waals surface area contributed by atoms with E-state index in [0.717, 1.165) is 25.1 Å². The van der Waals surface area contributed by atoms with Gasteiger partial charge >= 0.3 is 6.03 Å². The van der Waals surface area contributed by atoms with Gasteiger partial charge in [-0.25, -0.2) is 13.2 Å². The first kappa shape index (κ1) is 26.3. The lowest BCUT2D eigenvalue weighted by Gasteiger charge is -2.18. The molecule has 36 heavy (non-hydrogen) atoms. The number of fused-ring (bicyclic) bond motifs is 1. The molecule has 4 N–H and O–H groups in total. The Bertz CT molecular complexity index is 1400. The minimum absolute atomic E-state index is 0.113. The van der Waals surface area contributed by atoms with Crippen LogP contribution in [0.25, 0.3) is 0 Å². The summed E-state index contributed by atoms with van der Waals surface area (Å²) in [5, 5.41) is 8.52. The molecule has 10 heteroatoms. The van der Waals surface area contributed by atoms with Gasteiger partial charge in [-0.05, 0) is 41.8 Å². The number of nitrogens with two attached hydrogens (primary N) is 1. The Morgan fingerprint density at radius 1 is 1.11 bits per heavy atom. The number of amides is 2. The molecule has 0 spiro atoms. The highest BCUT2D eigenvalue weighted by Gasteiger charge is 2.21. The molecule has 4 rings (SSSR count). The van der Waals surface area contributed by atoms with E-state index in [-0.39, 0.29) is 16.4 Å². The maximum Gasteiger partial charge on any atom is 0.319 e. The SMILES string of the molecule is COc1cc(S(=O)(=O)Cc2ccc3c(c2)CC[NH2+]C3)ccc1NC(=O)NC(C)c1cccc(Cl)c1Cl. The second kappa shape index (κ2) is 11.1. The van der Waals surface area contributed by atoms with Crippen molar-refractivity contribution in [3.05, 3.63) is 86.9 Å². The van der Waals surface area contributed by atoms with Crippen molar-refractivity contribution in [1.29, 1.82) is 0 Å². The first-order valence-corrected chi connectivity index (χ1v) is 13.9.